The van der Waals surface area contributed by atoms with Crippen molar-refractivity contribution < 1.29 is 23.0 Å². The summed E-state index contributed by atoms with van der Waals surface area (Å²) in [6.07, 6.45) is 2.95. The number of aromatic nitrogens is 3. The van der Waals surface area contributed by atoms with Crippen molar-refractivity contribution in [3.63, 3.8) is 0 Å². The zero-order valence-electron chi connectivity index (χ0n) is 18.2. The van der Waals surface area contributed by atoms with E-state index in [1.54, 1.807) is 0 Å². The molecule has 3 atom stereocenters. The van der Waals surface area contributed by atoms with Crippen LogP contribution in [0, 0.1) is 5.82 Å². The van der Waals surface area contributed by atoms with Crippen LogP contribution in [-0.2, 0) is 4.74 Å². The van der Waals surface area contributed by atoms with E-state index in [-0.39, 0.29) is 40.7 Å². The molecule has 0 unspecified atom stereocenters. The van der Waals surface area contributed by atoms with Crippen LogP contribution in [0.5, 0.6) is 11.9 Å². The second kappa shape index (κ2) is 8.32. The van der Waals surface area contributed by atoms with Crippen molar-refractivity contribution >= 4 is 28.3 Å². The van der Waals surface area contributed by atoms with E-state index in [4.69, 9.17) is 30.8 Å². The predicted molar refractivity (Wildman–Crippen MR) is 118 cm³/mol. The third-order valence-corrected chi connectivity index (χ3v) is 7.55. The molecule has 4 aliphatic rings. The lowest BCUT2D eigenvalue weighted by Crippen LogP contribution is -2.43. The van der Waals surface area contributed by atoms with E-state index in [0.717, 1.165) is 25.8 Å². The summed E-state index contributed by atoms with van der Waals surface area (Å²) in [6.45, 7) is 3.82. The number of hydrogen-bond acceptors (Lipinski definition) is 8. The number of nitrogens with zero attached hydrogens (tertiary/aromatic N) is 5. The van der Waals surface area contributed by atoms with Crippen LogP contribution in [-0.4, -0.2) is 83.7 Å². The van der Waals surface area contributed by atoms with Gasteiger partial charge in [0.1, 0.15) is 29.5 Å². The van der Waals surface area contributed by atoms with Gasteiger partial charge in [-0.1, -0.05) is 11.6 Å². The molecule has 2 aromatic heterocycles. The van der Waals surface area contributed by atoms with Gasteiger partial charge >= 0.3 is 6.01 Å². The first-order chi connectivity index (χ1) is 16.0. The fourth-order valence-electron chi connectivity index (χ4n) is 5.74. The third-order valence-electron chi connectivity index (χ3n) is 7.30. The highest BCUT2D eigenvalue weighted by atomic mass is 35.5. The first kappa shape index (κ1) is 21.5. The predicted octanol–water partition coefficient (Wildman–Crippen LogP) is 3.15. The highest BCUT2D eigenvalue weighted by Gasteiger charge is 2.49. The van der Waals surface area contributed by atoms with Gasteiger partial charge in [0.15, 0.2) is 11.0 Å². The number of alkyl halides is 1. The minimum atomic E-state index is -0.861. The Morgan fingerprint density at radius 2 is 2.09 bits per heavy atom. The number of pyridine rings is 1. The molecule has 0 radical (unpaired) electrons. The maximum atomic E-state index is 15.1. The normalized spacial score (nSPS) is 29.7. The molecule has 4 aliphatic heterocycles. The summed E-state index contributed by atoms with van der Waals surface area (Å²) in [6, 6.07) is 0.0778. The van der Waals surface area contributed by atoms with Crippen LogP contribution >= 0.6 is 11.6 Å². The van der Waals surface area contributed by atoms with E-state index in [1.165, 1.54) is 0 Å². The summed E-state index contributed by atoms with van der Waals surface area (Å²) in [4.78, 5) is 17.5. The molecule has 8 nitrogen and oxygen atoms in total. The maximum Gasteiger partial charge on any atom is 0.319 e. The van der Waals surface area contributed by atoms with Gasteiger partial charge in [0.05, 0.1) is 24.8 Å². The smallest absolute Gasteiger partial charge is 0.319 e. The molecule has 0 spiro atoms. The van der Waals surface area contributed by atoms with E-state index in [9.17, 15) is 4.39 Å². The van der Waals surface area contributed by atoms with E-state index in [1.807, 2.05) is 0 Å². The Morgan fingerprint density at radius 1 is 1.18 bits per heavy atom. The summed E-state index contributed by atoms with van der Waals surface area (Å²) in [7, 11) is 0. The van der Waals surface area contributed by atoms with Crippen LogP contribution in [0.4, 0.5) is 14.6 Å². The highest BCUT2D eigenvalue weighted by Crippen LogP contribution is 2.42. The van der Waals surface area contributed by atoms with Crippen LogP contribution in [0.15, 0.2) is 0 Å². The van der Waals surface area contributed by atoms with Gasteiger partial charge in [-0.25, -0.2) is 8.78 Å². The number of fused-ring (bicyclic) bond motifs is 3. The molecule has 33 heavy (non-hydrogen) atoms. The first-order valence-electron chi connectivity index (χ1n) is 11.6. The van der Waals surface area contributed by atoms with Crippen LogP contribution in [0.3, 0.4) is 0 Å². The number of rotatable bonds is 3. The lowest BCUT2D eigenvalue weighted by Gasteiger charge is -2.34. The molecule has 0 amide bonds. The molecular formula is C22H26ClF2N5O3. The molecule has 6 heterocycles. The monoisotopic (exact) mass is 481 g/mol. The molecule has 0 bridgehead atoms. The molecule has 3 fully saturated rings. The first-order valence-corrected chi connectivity index (χ1v) is 12.0. The van der Waals surface area contributed by atoms with Gasteiger partial charge < -0.3 is 19.1 Å². The molecule has 178 valence electrons. The van der Waals surface area contributed by atoms with Gasteiger partial charge in [0.2, 0.25) is 5.88 Å². The van der Waals surface area contributed by atoms with E-state index < -0.39 is 12.0 Å². The Labute approximate surface area is 195 Å². The number of halogens is 3. The van der Waals surface area contributed by atoms with Gasteiger partial charge in [0, 0.05) is 32.5 Å². The molecule has 0 aliphatic carbocycles. The van der Waals surface area contributed by atoms with E-state index in [2.05, 4.69) is 19.8 Å². The van der Waals surface area contributed by atoms with E-state index in [0.29, 0.717) is 57.0 Å². The lowest BCUT2D eigenvalue weighted by molar-refractivity contribution is 0.107. The lowest BCUT2D eigenvalue weighted by atomic mass is 9.95. The van der Waals surface area contributed by atoms with Crippen LogP contribution in [0.2, 0.25) is 5.15 Å². The average Bonchev–Trinajstić information content (AvgIpc) is 3.20. The minimum Gasteiger partial charge on any atom is -0.477 e. The Hall–Kier alpha value is -2.04. The Balaban J connectivity index is 1.43. The fraction of sp³-hybridized carbons (Fsp3) is 0.682. The fourth-order valence-corrected chi connectivity index (χ4v) is 5.91. The molecule has 11 heteroatoms. The van der Waals surface area contributed by atoms with Gasteiger partial charge in [0.25, 0.3) is 0 Å². The van der Waals surface area contributed by atoms with Crippen molar-refractivity contribution in [2.75, 3.05) is 51.0 Å². The summed E-state index contributed by atoms with van der Waals surface area (Å²) in [5, 5.41) is 0.0854. The second-order valence-corrected chi connectivity index (χ2v) is 9.71. The average molecular weight is 482 g/mol. The van der Waals surface area contributed by atoms with Crippen molar-refractivity contribution in [2.45, 2.75) is 49.9 Å². The van der Waals surface area contributed by atoms with Gasteiger partial charge in [-0.2, -0.15) is 15.0 Å². The maximum absolute atomic E-state index is 15.1. The minimum absolute atomic E-state index is 0.0198. The van der Waals surface area contributed by atoms with Gasteiger partial charge in [-0.15, -0.1) is 0 Å². The van der Waals surface area contributed by atoms with Crippen LogP contribution < -0.4 is 14.4 Å². The van der Waals surface area contributed by atoms with Crippen molar-refractivity contribution in [1.82, 2.24) is 19.9 Å². The molecule has 6 rings (SSSR count). The molecule has 3 saturated heterocycles. The van der Waals surface area contributed by atoms with Crippen LogP contribution in [0.25, 0.3) is 10.9 Å². The number of anilines is 1. The zero-order valence-corrected chi connectivity index (χ0v) is 19.0. The summed E-state index contributed by atoms with van der Waals surface area (Å²) < 4.78 is 47.0. The summed E-state index contributed by atoms with van der Waals surface area (Å²) in [5.74, 6) is -0.00178. The Kier molecular flexibility index (Phi) is 5.42. The van der Waals surface area contributed by atoms with E-state index >= 15 is 4.39 Å². The molecular weight excluding hydrogens is 456 g/mol. The molecule has 0 aromatic carbocycles. The Bertz CT molecular complexity index is 1080. The third kappa shape index (κ3) is 3.66. The summed E-state index contributed by atoms with van der Waals surface area (Å²) >= 11 is 6.08. The highest BCUT2D eigenvalue weighted by molar-refractivity contribution is 6.30. The van der Waals surface area contributed by atoms with Crippen molar-refractivity contribution in [3.8, 4) is 11.9 Å². The number of hydrogen-bond donors (Lipinski definition) is 0. The van der Waals surface area contributed by atoms with Gasteiger partial charge in [-0.3, -0.25) is 4.90 Å². The molecule has 0 saturated carbocycles. The standard InChI is InChI=1S/C22H26ClF2N5O3/c23-18-16(25)17-15-19(30-6-2-7-31-11-14(30)3-8-32-20(15)27-18)28-21(26-17)33-12-22-4-1-5-29(22)10-13(24)9-22/h13-14H,1-12H2/t13-,14-,22+/m1/s1. The largest absolute Gasteiger partial charge is 0.477 e. The second-order valence-electron chi connectivity index (χ2n) is 9.35. The van der Waals surface area contributed by atoms with Gasteiger partial charge in [-0.05, 0) is 25.8 Å². The number of ether oxygens (including phenoxy) is 3. The summed E-state index contributed by atoms with van der Waals surface area (Å²) in [5.41, 5.74) is -0.336. The SMILES string of the molecule is Fc1c(Cl)nc2c3c(nc(OC[C@@]45CCCN4C[C@H](F)C5)nc13)N1CCCOC[C@H]1CCO2. The zero-order chi connectivity index (χ0) is 22.6. The van der Waals surface area contributed by atoms with Crippen molar-refractivity contribution in [2.24, 2.45) is 0 Å². The molecule has 2 aromatic rings. The quantitative estimate of drug-likeness (QED) is 0.619. The van der Waals surface area contributed by atoms with Crippen molar-refractivity contribution in [3.05, 3.63) is 11.0 Å². The Morgan fingerprint density at radius 3 is 3.00 bits per heavy atom. The van der Waals surface area contributed by atoms with Crippen molar-refractivity contribution in [1.29, 1.82) is 0 Å². The topological polar surface area (TPSA) is 72.8 Å². The van der Waals surface area contributed by atoms with Crippen LogP contribution in [0.1, 0.15) is 32.1 Å². The molecule has 0 N–H and O–H groups in total.